The number of aliphatic hydroxyl groups is 1. The zero-order valence-corrected chi connectivity index (χ0v) is 11.6. The number of Topliss-reactive ketones (excluding diaryl/α,β-unsaturated/α-hetero) is 1. The van der Waals surface area contributed by atoms with Crippen LogP contribution in [0.2, 0.25) is 19.6 Å². The first kappa shape index (κ1) is 14.5. The second-order valence-electron chi connectivity index (χ2n) is 5.21. The Labute approximate surface area is 107 Å². The van der Waals surface area contributed by atoms with E-state index >= 15 is 0 Å². The maximum absolute atomic E-state index is 12.3. The molecule has 0 heterocycles. The third-order valence-corrected chi connectivity index (χ3v) is 5.67. The van der Waals surface area contributed by atoms with Crippen LogP contribution in [-0.2, 0) is 0 Å². The van der Waals surface area contributed by atoms with E-state index in [9.17, 15) is 20.0 Å². The lowest BCUT2D eigenvalue weighted by Crippen LogP contribution is -2.56. The number of ketones is 1. The number of para-hydroxylation sites is 1. The highest BCUT2D eigenvalue weighted by molar-refractivity contribution is 6.82. The normalized spacial score (nSPS) is 14.9. The number of nitro benzene ring substituents is 1. The van der Waals surface area contributed by atoms with E-state index in [-0.39, 0.29) is 11.3 Å². The molecule has 0 saturated heterocycles. The van der Waals surface area contributed by atoms with Crippen LogP contribution >= 0.6 is 0 Å². The summed E-state index contributed by atoms with van der Waals surface area (Å²) in [6, 6.07) is 5.59. The first-order chi connectivity index (χ1) is 8.09. The predicted octanol–water partition coefficient (Wildman–Crippen LogP) is 2.22. The largest absolute Gasteiger partial charge is 0.385 e. The predicted molar refractivity (Wildman–Crippen MR) is 71.1 cm³/mol. The summed E-state index contributed by atoms with van der Waals surface area (Å²) in [6.07, 6.45) is 0. The van der Waals surface area contributed by atoms with Gasteiger partial charge in [0, 0.05) is 6.07 Å². The number of rotatable bonds is 4. The van der Waals surface area contributed by atoms with Gasteiger partial charge in [-0.25, -0.2) is 0 Å². The summed E-state index contributed by atoms with van der Waals surface area (Å²) in [6.45, 7) is 8.92. The number of benzene rings is 1. The topological polar surface area (TPSA) is 80.4 Å². The summed E-state index contributed by atoms with van der Waals surface area (Å²) in [5.41, 5.74) is -0.398. The van der Waals surface area contributed by atoms with Gasteiger partial charge in [0.1, 0.15) is 5.22 Å². The van der Waals surface area contributed by atoms with E-state index in [4.69, 9.17) is 0 Å². The monoisotopic (exact) mass is 266 g/mol. The van der Waals surface area contributed by atoms with Crippen LogP contribution in [0.1, 0.15) is 10.4 Å². The Kier molecular flexibility index (Phi) is 3.73. The fourth-order valence-corrected chi connectivity index (χ4v) is 2.20. The molecular formula is C12H16NO4Si. The summed E-state index contributed by atoms with van der Waals surface area (Å²) in [5.74, 6) is -0.686. The molecule has 1 radical (unpaired) electrons. The van der Waals surface area contributed by atoms with Gasteiger partial charge in [-0.05, 0) is 13.0 Å². The van der Waals surface area contributed by atoms with Crippen LogP contribution in [0.3, 0.4) is 0 Å². The highest BCUT2D eigenvalue weighted by atomic mass is 28.3. The Balaban J connectivity index is 3.33. The molecule has 0 aromatic heterocycles. The SMILES string of the molecule is [CH2]C(O)(C(=O)c1ccccc1[N+](=O)[O-])[Si](C)(C)C. The van der Waals surface area contributed by atoms with Crippen LogP contribution in [0.4, 0.5) is 5.69 Å². The third kappa shape index (κ3) is 2.49. The molecular weight excluding hydrogens is 250 g/mol. The Bertz CT molecular complexity index is 491. The molecule has 1 unspecified atom stereocenters. The van der Waals surface area contributed by atoms with Crippen LogP contribution in [0.25, 0.3) is 0 Å². The Hall–Kier alpha value is -1.53. The summed E-state index contributed by atoms with van der Waals surface area (Å²) >= 11 is 0. The van der Waals surface area contributed by atoms with Gasteiger partial charge in [0.15, 0.2) is 5.78 Å². The second-order valence-corrected chi connectivity index (χ2v) is 10.5. The van der Waals surface area contributed by atoms with E-state index in [1.807, 2.05) is 0 Å². The Morgan fingerprint density at radius 2 is 1.89 bits per heavy atom. The molecule has 0 aliphatic rings. The van der Waals surface area contributed by atoms with Crippen LogP contribution in [0.15, 0.2) is 24.3 Å². The van der Waals surface area contributed by atoms with Crippen molar-refractivity contribution in [2.24, 2.45) is 0 Å². The van der Waals surface area contributed by atoms with Gasteiger partial charge < -0.3 is 5.11 Å². The highest BCUT2D eigenvalue weighted by Crippen LogP contribution is 2.28. The number of hydrogen-bond donors (Lipinski definition) is 1. The smallest absolute Gasteiger partial charge is 0.280 e. The minimum Gasteiger partial charge on any atom is -0.385 e. The minimum atomic E-state index is -2.32. The Morgan fingerprint density at radius 1 is 1.39 bits per heavy atom. The molecule has 1 rings (SSSR count). The molecule has 0 spiro atoms. The van der Waals surface area contributed by atoms with Crippen molar-refractivity contribution >= 4 is 19.5 Å². The van der Waals surface area contributed by atoms with E-state index in [1.54, 1.807) is 19.6 Å². The van der Waals surface area contributed by atoms with Crippen molar-refractivity contribution in [3.63, 3.8) is 0 Å². The van der Waals surface area contributed by atoms with Gasteiger partial charge >= 0.3 is 0 Å². The van der Waals surface area contributed by atoms with Crippen molar-refractivity contribution in [1.82, 2.24) is 0 Å². The Morgan fingerprint density at radius 3 is 2.33 bits per heavy atom. The lowest BCUT2D eigenvalue weighted by Gasteiger charge is -2.33. The first-order valence-electron chi connectivity index (χ1n) is 5.45. The van der Waals surface area contributed by atoms with Crippen molar-refractivity contribution in [2.45, 2.75) is 24.9 Å². The molecule has 0 aliphatic carbocycles. The maximum Gasteiger partial charge on any atom is 0.280 e. The summed E-state index contributed by atoms with van der Waals surface area (Å²) in [7, 11) is -2.32. The third-order valence-electron chi connectivity index (χ3n) is 2.96. The average Bonchev–Trinajstić information content (AvgIpc) is 2.26. The van der Waals surface area contributed by atoms with Gasteiger partial charge in [-0.2, -0.15) is 0 Å². The molecule has 6 heteroatoms. The zero-order valence-electron chi connectivity index (χ0n) is 10.6. The van der Waals surface area contributed by atoms with Gasteiger partial charge in [-0.1, -0.05) is 31.8 Å². The van der Waals surface area contributed by atoms with Gasteiger partial charge in [-0.15, -0.1) is 0 Å². The zero-order chi connectivity index (χ0) is 14.1. The number of carbonyl (C=O) groups is 1. The molecule has 1 N–H and O–H groups in total. The van der Waals surface area contributed by atoms with Gasteiger partial charge in [0.2, 0.25) is 0 Å². The second kappa shape index (κ2) is 4.62. The molecule has 1 aromatic rings. The van der Waals surface area contributed by atoms with Crippen LogP contribution in [0.5, 0.6) is 0 Å². The molecule has 1 aromatic carbocycles. The number of nitro groups is 1. The molecule has 0 fully saturated rings. The highest BCUT2D eigenvalue weighted by Gasteiger charge is 2.45. The number of carbonyl (C=O) groups excluding carboxylic acids is 1. The molecule has 0 saturated carbocycles. The molecule has 0 amide bonds. The van der Waals surface area contributed by atoms with E-state index in [1.165, 1.54) is 24.3 Å². The van der Waals surface area contributed by atoms with Crippen molar-refractivity contribution in [3.05, 3.63) is 46.9 Å². The number of hydrogen-bond acceptors (Lipinski definition) is 4. The van der Waals surface area contributed by atoms with Gasteiger partial charge in [0.25, 0.3) is 5.69 Å². The molecule has 0 aliphatic heterocycles. The fourth-order valence-electron chi connectivity index (χ4n) is 1.39. The summed E-state index contributed by atoms with van der Waals surface area (Å²) in [4.78, 5) is 22.5. The average molecular weight is 266 g/mol. The number of nitrogens with zero attached hydrogens (tertiary/aromatic N) is 1. The fraction of sp³-hybridized carbons (Fsp3) is 0.333. The van der Waals surface area contributed by atoms with Crippen molar-refractivity contribution in [2.75, 3.05) is 0 Å². The van der Waals surface area contributed by atoms with Crippen molar-refractivity contribution in [3.8, 4) is 0 Å². The standard InChI is InChI=1S/C12H16NO4Si/c1-12(15,18(2,3)4)11(14)9-7-5-6-8-10(9)13(16)17/h5-8,15H,1H2,2-4H3. The van der Waals surface area contributed by atoms with E-state index < -0.39 is 24.0 Å². The van der Waals surface area contributed by atoms with Gasteiger partial charge in [-0.3, -0.25) is 14.9 Å². The lowest BCUT2D eigenvalue weighted by molar-refractivity contribution is -0.385. The van der Waals surface area contributed by atoms with Crippen LogP contribution < -0.4 is 0 Å². The van der Waals surface area contributed by atoms with E-state index in [0.717, 1.165) is 0 Å². The lowest BCUT2D eigenvalue weighted by atomic mass is 10.0. The minimum absolute atomic E-state index is 0.0950. The summed E-state index contributed by atoms with van der Waals surface area (Å²) < 4.78 is 0. The molecule has 97 valence electrons. The van der Waals surface area contributed by atoms with Gasteiger partial charge in [0.05, 0.1) is 18.6 Å². The quantitative estimate of drug-likeness (QED) is 0.392. The summed E-state index contributed by atoms with van der Waals surface area (Å²) in [5, 5.41) is 19.3. The van der Waals surface area contributed by atoms with Crippen LogP contribution in [-0.4, -0.2) is 29.1 Å². The molecule has 0 bridgehead atoms. The van der Waals surface area contributed by atoms with E-state index in [2.05, 4.69) is 6.92 Å². The van der Waals surface area contributed by atoms with Crippen LogP contribution in [0, 0.1) is 17.0 Å². The first-order valence-corrected chi connectivity index (χ1v) is 8.95. The maximum atomic E-state index is 12.3. The van der Waals surface area contributed by atoms with E-state index in [0.29, 0.717) is 0 Å². The van der Waals surface area contributed by atoms with Crippen molar-refractivity contribution < 1.29 is 14.8 Å². The molecule has 1 atom stereocenters. The molecule has 18 heavy (non-hydrogen) atoms. The van der Waals surface area contributed by atoms with Crippen molar-refractivity contribution in [1.29, 1.82) is 0 Å². The molecule has 5 nitrogen and oxygen atoms in total.